The second-order valence-corrected chi connectivity index (χ2v) is 6.15. The Hall–Kier alpha value is -1.38. The first-order valence-electron chi connectivity index (χ1n) is 9.07. The SMILES string of the molecule is C=CCCC(CCCC)C(=O)OC(=O)C(CCC=C)CCCC. The zero-order chi connectivity index (χ0) is 17.5. The van der Waals surface area contributed by atoms with Crippen LogP contribution < -0.4 is 0 Å². The van der Waals surface area contributed by atoms with Crippen molar-refractivity contribution in [1.82, 2.24) is 0 Å². The number of rotatable bonds is 14. The van der Waals surface area contributed by atoms with Crippen molar-refractivity contribution in [2.45, 2.75) is 78.1 Å². The number of allylic oxidation sites excluding steroid dienone is 2. The average Bonchev–Trinajstić information content (AvgIpc) is 2.54. The molecule has 0 bridgehead atoms. The molecule has 132 valence electrons. The number of hydrogen-bond acceptors (Lipinski definition) is 3. The molecule has 0 amide bonds. The van der Waals surface area contributed by atoms with Gasteiger partial charge in [0.15, 0.2) is 0 Å². The predicted octanol–water partition coefficient (Wildman–Crippen LogP) is 5.60. The molecule has 0 rings (SSSR count). The van der Waals surface area contributed by atoms with Crippen LogP contribution in [0.2, 0.25) is 0 Å². The molecule has 0 aromatic carbocycles. The van der Waals surface area contributed by atoms with E-state index < -0.39 is 0 Å². The summed E-state index contributed by atoms with van der Waals surface area (Å²) >= 11 is 0. The Balaban J connectivity index is 4.64. The van der Waals surface area contributed by atoms with Gasteiger partial charge in [0.25, 0.3) is 0 Å². The van der Waals surface area contributed by atoms with Gasteiger partial charge in [0.05, 0.1) is 11.8 Å². The predicted molar refractivity (Wildman–Crippen MR) is 96.0 cm³/mol. The largest absolute Gasteiger partial charge is 0.393 e. The second kappa shape index (κ2) is 14.2. The molecule has 0 aliphatic heterocycles. The quantitative estimate of drug-likeness (QED) is 0.237. The van der Waals surface area contributed by atoms with Gasteiger partial charge in [0, 0.05) is 0 Å². The fourth-order valence-corrected chi connectivity index (χ4v) is 2.57. The number of hydrogen-bond donors (Lipinski definition) is 0. The highest BCUT2D eigenvalue weighted by molar-refractivity contribution is 5.87. The lowest BCUT2D eigenvalue weighted by atomic mass is 9.95. The average molecular weight is 322 g/mol. The van der Waals surface area contributed by atoms with Crippen LogP contribution in [0, 0.1) is 11.8 Å². The zero-order valence-corrected chi connectivity index (χ0v) is 15.0. The Morgan fingerprint density at radius 3 is 1.52 bits per heavy atom. The molecular weight excluding hydrogens is 288 g/mol. The summed E-state index contributed by atoms with van der Waals surface area (Å²) in [6.45, 7) is 11.6. The summed E-state index contributed by atoms with van der Waals surface area (Å²) in [7, 11) is 0. The van der Waals surface area contributed by atoms with E-state index in [2.05, 4.69) is 27.0 Å². The van der Waals surface area contributed by atoms with Crippen molar-refractivity contribution in [3.05, 3.63) is 25.3 Å². The molecule has 0 radical (unpaired) electrons. The molecule has 0 aliphatic rings. The Morgan fingerprint density at radius 2 is 1.22 bits per heavy atom. The molecule has 0 saturated heterocycles. The number of carbonyl (C=O) groups excluding carboxylic acids is 2. The smallest absolute Gasteiger partial charge is 0.316 e. The van der Waals surface area contributed by atoms with Crippen molar-refractivity contribution >= 4 is 11.9 Å². The summed E-state index contributed by atoms with van der Waals surface area (Å²) < 4.78 is 5.22. The summed E-state index contributed by atoms with van der Waals surface area (Å²) in [6.07, 6.45) is 12.1. The van der Waals surface area contributed by atoms with Crippen LogP contribution in [-0.4, -0.2) is 11.9 Å². The molecule has 0 fully saturated rings. The van der Waals surface area contributed by atoms with E-state index in [0.717, 1.165) is 51.4 Å². The summed E-state index contributed by atoms with van der Waals surface area (Å²) in [4.78, 5) is 24.6. The first-order valence-corrected chi connectivity index (χ1v) is 9.07. The number of unbranched alkanes of at least 4 members (excludes halogenated alkanes) is 2. The molecule has 3 nitrogen and oxygen atoms in total. The van der Waals surface area contributed by atoms with E-state index in [1.54, 1.807) is 0 Å². The van der Waals surface area contributed by atoms with Crippen LogP contribution in [0.5, 0.6) is 0 Å². The van der Waals surface area contributed by atoms with Gasteiger partial charge in [-0.05, 0) is 38.5 Å². The van der Waals surface area contributed by atoms with Crippen LogP contribution in [0.15, 0.2) is 25.3 Å². The molecule has 2 atom stereocenters. The van der Waals surface area contributed by atoms with Gasteiger partial charge in [-0.1, -0.05) is 51.7 Å². The second-order valence-electron chi connectivity index (χ2n) is 6.15. The van der Waals surface area contributed by atoms with Gasteiger partial charge in [-0.15, -0.1) is 13.2 Å². The van der Waals surface area contributed by atoms with Crippen molar-refractivity contribution < 1.29 is 14.3 Å². The minimum atomic E-state index is -0.356. The molecular formula is C20H34O3. The fraction of sp³-hybridized carbons (Fsp3) is 0.700. The Bertz CT molecular complexity index is 326. The molecule has 0 aromatic heterocycles. The van der Waals surface area contributed by atoms with E-state index in [9.17, 15) is 9.59 Å². The van der Waals surface area contributed by atoms with Gasteiger partial charge in [0.1, 0.15) is 0 Å². The normalized spacial score (nSPS) is 13.1. The van der Waals surface area contributed by atoms with Crippen LogP contribution in [0.1, 0.15) is 78.1 Å². The Kier molecular flexibility index (Phi) is 13.4. The standard InChI is InChI=1S/C20H34O3/c1-5-9-13-17(14-10-6-2)19(21)23-20(22)18(15-11-7-3)16-12-8-4/h5,7,17-18H,1,3,6,8-16H2,2,4H3. The highest BCUT2D eigenvalue weighted by Gasteiger charge is 2.26. The van der Waals surface area contributed by atoms with Crippen molar-refractivity contribution in [3.8, 4) is 0 Å². The monoisotopic (exact) mass is 322 g/mol. The number of esters is 2. The minimum Gasteiger partial charge on any atom is -0.393 e. The maximum Gasteiger partial charge on any atom is 0.316 e. The summed E-state index contributed by atoms with van der Waals surface area (Å²) in [6, 6.07) is 0. The van der Waals surface area contributed by atoms with Crippen LogP contribution in [0.3, 0.4) is 0 Å². The third-order valence-electron chi connectivity index (χ3n) is 4.12. The molecule has 0 aliphatic carbocycles. The van der Waals surface area contributed by atoms with E-state index in [-0.39, 0.29) is 23.8 Å². The summed E-state index contributed by atoms with van der Waals surface area (Å²) in [5.41, 5.74) is 0. The molecule has 0 aromatic rings. The first-order chi connectivity index (χ1) is 11.1. The van der Waals surface area contributed by atoms with Crippen molar-refractivity contribution in [1.29, 1.82) is 0 Å². The van der Waals surface area contributed by atoms with Crippen LogP contribution in [0.4, 0.5) is 0 Å². The summed E-state index contributed by atoms with van der Waals surface area (Å²) in [5, 5.41) is 0. The fourth-order valence-electron chi connectivity index (χ4n) is 2.57. The Morgan fingerprint density at radius 1 is 0.826 bits per heavy atom. The van der Waals surface area contributed by atoms with E-state index >= 15 is 0 Å². The maximum absolute atomic E-state index is 12.3. The van der Waals surface area contributed by atoms with E-state index in [4.69, 9.17) is 4.74 Å². The molecule has 3 heteroatoms. The lowest BCUT2D eigenvalue weighted by Crippen LogP contribution is -2.26. The molecule has 0 saturated carbocycles. The summed E-state index contributed by atoms with van der Waals surface area (Å²) in [5.74, 6) is -1.10. The zero-order valence-electron chi connectivity index (χ0n) is 15.0. The van der Waals surface area contributed by atoms with Gasteiger partial charge in [0.2, 0.25) is 0 Å². The Labute approximate surface area is 142 Å². The van der Waals surface area contributed by atoms with Gasteiger partial charge < -0.3 is 4.74 Å². The van der Waals surface area contributed by atoms with Crippen molar-refractivity contribution in [2.75, 3.05) is 0 Å². The lowest BCUT2D eigenvalue weighted by Gasteiger charge is -2.18. The minimum absolute atomic E-state index is 0.192. The van der Waals surface area contributed by atoms with Gasteiger partial charge in [-0.2, -0.15) is 0 Å². The maximum atomic E-state index is 12.3. The molecule has 2 unspecified atom stereocenters. The third-order valence-corrected chi connectivity index (χ3v) is 4.12. The highest BCUT2D eigenvalue weighted by Crippen LogP contribution is 2.21. The van der Waals surface area contributed by atoms with Crippen LogP contribution in [-0.2, 0) is 14.3 Å². The van der Waals surface area contributed by atoms with E-state index in [1.807, 2.05) is 12.2 Å². The topological polar surface area (TPSA) is 43.4 Å². The van der Waals surface area contributed by atoms with Crippen LogP contribution >= 0.6 is 0 Å². The number of ether oxygens (including phenoxy) is 1. The third kappa shape index (κ3) is 10.1. The highest BCUT2D eigenvalue weighted by atomic mass is 16.6. The van der Waals surface area contributed by atoms with E-state index in [1.165, 1.54) is 0 Å². The van der Waals surface area contributed by atoms with Crippen LogP contribution in [0.25, 0.3) is 0 Å². The molecule has 0 spiro atoms. The van der Waals surface area contributed by atoms with Crippen molar-refractivity contribution in [2.24, 2.45) is 11.8 Å². The first kappa shape index (κ1) is 21.6. The van der Waals surface area contributed by atoms with Gasteiger partial charge in [-0.25, -0.2) is 0 Å². The van der Waals surface area contributed by atoms with Gasteiger partial charge in [-0.3, -0.25) is 9.59 Å². The van der Waals surface area contributed by atoms with E-state index in [0.29, 0.717) is 12.8 Å². The molecule has 0 N–H and O–H groups in total. The molecule has 23 heavy (non-hydrogen) atoms. The van der Waals surface area contributed by atoms with Gasteiger partial charge >= 0.3 is 11.9 Å². The number of carbonyl (C=O) groups is 2. The lowest BCUT2D eigenvalue weighted by molar-refractivity contribution is -0.166. The van der Waals surface area contributed by atoms with Crippen molar-refractivity contribution in [3.63, 3.8) is 0 Å². The molecule has 0 heterocycles.